The Morgan fingerprint density at radius 2 is 2.33 bits per heavy atom. The van der Waals surface area contributed by atoms with E-state index < -0.39 is 0 Å². The molecule has 1 amide bonds. The van der Waals surface area contributed by atoms with E-state index in [1.807, 2.05) is 25.1 Å². The number of carbonyl (C=O) groups is 1. The highest BCUT2D eigenvalue weighted by atomic mass is 16.5. The molecule has 0 bridgehead atoms. The van der Waals surface area contributed by atoms with Crippen molar-refractivity contribution >= 4 is 17.3 Å². The Bertz CT molecular complexity index is 490. The summed E-state index contributed by atoms with van der Waals surface area (Å²) < 4.78 is 5.40. The number of likely N-dealkylation sites (tertiary alicyclic amines) is 1. The minimum Gasteiger partial charge on any atom is -0.398 e. The van der Waals surface area contributed by atoms with Gasteiger partial charge in [-0.25, -0.2) is 0 Å². The summed E-state index contributed by atoms with van der Waals surface area (Å²) in [5, 5.41) is 2.94. The number of hydrogen-bond donors (Lipinski definition) is 2. The van der Waals surface area contributed by atoms with Crippen molar-refractivity contribution in [3.63, 3.8) is 0 Å². The topological polar surface area (TPSA) is 67.6 Å². The van der Waals surface area contributed by atoms with Crippen LogP contribution in [0.5, 0.6) is 0 Å². The van der Waals surface area contributed by atoms with Gasteiger partial charge in [0.15, 0.2) is 0 Å². The molecule has 3 N–H and O–H groups in total. The van der Waals surface area contributed by atoms with Crippen molar-refractivity contribution in [2.24, 2.45) is 0 Å². The van der Waals surface area contributed by atoms with Crippen LogP contribution in [0.2, 0.25) is 0 Å². The maximum Gasteiger partial charge on any atom is 0.225 e. The van der Waals surface area contributed by atoms with E-state index in [0.29, 0.717) is 18.2 Å². The van der Waals surface area contributed by atoms with E-state index >= 15 is 0 Å². The van der Waals surface area contributed by atoms with Gasteiger partial charge in [-0.2, -0.15) is 0 Å². The van der Waals surface area contributed by atoms with Crippen LogP contribution in [0.25, 0.3) is 0 Å². The number of carbonyl (C=O) groups excluding carboxylic acids is 1. The Morgan fingerprint density at radius 3 is 3.10 bits per heavy atom. The number of hydrogen-bond acceptors (Lipinski definition) is 4. The summed E-state index contributed by atoms with van der Waals surface area (Å²) in [6, 6.07) is 5.57. The van der Waals surface area contributed by atoms with Gasteiger partial charge >= 0.3 is 0 Å². The van der Waals surface area contributed by atoms with Crippen LogP contribution in [0.1, 0.15) is 24.8 Å². The predicted molar refractivity (Wildman–Crippen MR) is 85.3 cm³/mol. The molecule has 5 nitrogen and oxygen atoms in total. The van der Waals surface area contributed by atoms with Crippen molar-refractivity contribution in [2.45, 2.75) is 32.3 Å². The van der Waals surface area contributed by atoms with E-state index in [-0.39, 0.29) is 5.91 Å². The summed E-state index contributed by atoms with van der Waals surface area (Å²) >= 11 is 0. The minimum absolute atomic E-state index is 0.0308. The predicted octanol–water partition coefficient (Wildman–Crippen LogP) is 2.02. The van der Waals surface area contributed by atoms with E-state index in [4.69, 9.17) is 10.5 Å². The van der Waals surface area contributed by atoms with Gasteiger partial charge in [-0.05, 0) is 44.0 Å². The van der Waals surface area contributed by atoms with Gasteiger partial charge in [0, 0.05) is 38.0 Å². The number of nitrogens with two attached hydrogens (primary N) is 1. The monoisotopic (exact) mass is 291 g/mol. The number of nitrogens with zero attached hydrogens (tertiary/aromatic N) is 1. The molecule has 1 fully saturated rings. The summed E-state index contributed by atoms with van der Waals surface area (Å²) in [6.45, 7) is 4.65. The van der Waals surface area contributed by atoms with Crippen molar-refractivity contribution in [2.75, 3.05) is 37.8 Å². The van der Waals surface area contributed by atoms with Crippen molar-refractivity contribution in [1.82, 2.24) is 4.90 Å². The van der Waals surface area contributed by atoms with Gasteiger partial charge in [0.1, 0.15) is 0 Å². The number of rotatable bonds is 5. The number of nitrogen functional groups attached to an aromatic ring is 1. The van der Waals surface area contributed by atoms with Gasteiger partial charge in [0.25, 0.3) is 0 Å². The van der Waals surface area contributed by atoms with Gasteiger partial charge in [-0.15, -0.1) is 0 Å². The Kier molecular flexibility index (Phi) is 5.59. The van der Waals surface area contributed by atoms with Crippen LogP contribution < -0.4 is 11.1 Å². The summed E-state index contributed by atoms with van der Waals surface area (Å²) in [5.74, 6) is 0.0308. The molecule has 1 aliphatic rings. The van der Waals surface area contributed by atoms with E-state index in [2.05, 4.69) is 10.2 Å². The zero-order valence-corrected chi connectivity index (χ0v) is 12.9. The molecule has 1 saturated heterocycles. The Hall–Kier alpha value is -1.59. The fraction of sp³-hybridized carbons (Fsp3) is 0.562. The molecule has 1 unspecified atom stereocenters. The smallest absolute Gasteiger partial charge is 0.225 e. The summed E-state index contributed by atoms with van der Waals surface area (Å²) in [5.41, 5.74) is 8.26. The van der Waals surface area contributed by atoms with Gasteiger partial charge in [0.05, 0.1) is 6.10 Å². The van der Waals surface area contributed by atoms with Gasteiger partial charge in [-0.1, -0.05) is 6.07 Å². The highest BCUT2D eigenvalue weighted by Crippen LogP contribution is 2.20. The van der Waals surface area contributed by atoms with Crippen LogP contribution in [-0.4, -0.2) is 43.7 Å². The molecule has 0 aromatic heterocycles. The third kappa shape index (κ3) is 4.44. The van der Waals surface area contributed by atoms with E-state index in [9.17, 15) is 4.79 Å². The highest BCUT2D eigenvalue weighted by molar-refractivity contribution is 5.92. The zero-order chi connectivity index (χ0) is 15.2. The number of benzene rings is 1. The van der Waals surface area contributed by atoms with Gasteiger partial charge in [-0.3, -0.25) is 4.79 Å². The van der Waals surface area contributed by atoms with Gasteiger partial charge < -0.3 is 20.7 Å². The van der Waals surface area contributed by atoms with Crippen molar-refractivity contribution in [3.8, 4) is 0 Å². The second-order valence-electron chi connectivity index (χ2n) is 5.62. The molecule has 1 atom stereocenters. The first kappa shape index (κ1) is 15.8. The van der Waals surface area contributed by atoms with Crippen molar-refractivity contribution < 1.29 is 9.53 Å². The lowest BCUT2D eigenvalue weighted by Crippen LogP contribution is -2.40. The normalized spacial score (nSPS) is 19.4. The number of anilines is 2. The SMILES string of the molecule is COC1CCCN(CCC(=O)Nc2cccc(N)c2C)C1. The van der Waals surface area contributed by atoms with Crippen LogP contribution in [-0.2, 0) is 9.53 Å². The van der Waals surface area contributed by atoms with Gasteiger partial charge in [0.2, 0.25) is 5.91 Å². The molecule has 116 valence electrons. The first-order valence-corrected chi connectivity index (χ1v) is 7.50. The first-order valence-electron chi connectivity index (χ1n) is 7.50. The second-order valence-corrected chi connectivity index (χ2v) is 5.62. The van der Waals surface area contributed by atoms with Crippen molar-refractivity contribution in [3.05, 3.63) is 23.8 Å². The number of amides is 1. The fourth-order valence-electron chi connectivity index (χ4n) is 2.67. The molecular weight excluding hydrogens is 266 g/mol. The molecule has 21 heavy (non-hydrogen) atoms. The molecule has 0 aliphatic carbocycles. The van der Waals surface area contributed by atoms with Crippen molar-refractivity contribution in [1.29, 1.82) is 0 Å². The van der Waals surface area contributed by atoms with E-state index in [0.717, 1.165) is 43.7 Å². The largest absolute Gasteiger partial charge is 0.398 e. The molecule has 0 spiro atoms. The van der Waals surface area contributed by atoms with E-state index in [1.54, 1.807) is 7.11 Å². The quantitative estimate of drug-likeness (QED) is 0.814. The maximum absolute atomic E-state index is 12.1. The molecule has 1 aliphatic heterocycles. The van der Waals surface area contributed by atoms with E-state index in [1.165, 1.54) is 0 Å². The Balaban J connectivity index is 1.81. The fourth-order valence-corrected chi connectivity index (χ4v) is 2.67. The van der Waals surface area contributed by atoms with Crippen LogP contribution in [0.15, 0.2) is 18.2 Å². The third-order valence-corrected chi connectivity index (χ3v) is 4.10. The van der Waals surface area contributed by atoms with Crippen LogP contribution in [0.4, 0.5) is 11.4 Å². The second kappa shape index (κ2) is 7.43. The Morgan fingerprint density at radius 1 is 1.52 bits per heavy atom. The lowest BCUT2D eigenvalue weighted by Gasteiger charge is -2.31. The molecule has 1 heterocycles. The summed E-state index contributed by atoms with van der Waals surface area (Å²) in [4.78, 5) is 14.4. The Labute approximate surface area is 126 Å². The molecule has 1 aromatic rings. The van der Waals surface area contributed by atoms with Crippen LogP contribution in [0, 0.1) is 6.92 Å². The lowest BCUT2D eigenvalue weighted by atomic mass is 10.1. The molecule has 1 aromatic carbocycles. The number of nitrogens with one attached hydrogen (secondary N) is 1. The highest BCUT2D eigenvalue weighted by Gasteiger charge is 2.19. The summed E-state index contributed by atoms with van der Waals surface area (Å²) in [6.07, 6.45) is 3.04. The molecule has 0 radical (unpaired) electrons. The third-order valence-electron chi connectivity index (χ3n) is 4.10. The molecular formula is C16H25N3O2. The standard InChI is InChI=1S/C16H25N3O2/c1-12-14(17)6-3-7-15(12)18-16(20)8-10-19-9-4-5-13(11-19)21-2/h3,6-7,13H,4-5,8-11,17H2,1-2H3,(H,18,20). The molecule has 0 saturated carbocycles. The number of ether oxygens (including phenoxy) is 1. The number of methoxy groups -OCH3 is 1. The summed E-state index contributed by atoms with van der Waals surface area (Å²) in [7, 11) is 1.75. The zero-order valence-electron chi connectivity index (χ0n) is 12.9. The average Bonchev–Trinajstić information content (AvgIpc) is 2.50. The first-order chi connectivity index (χ1) is 10.1. The average molecular weight is 291 g/mol. The molecule has 2 rings (SSSR count). The molecule has 5 heteroatoms. The van der Waals surface area contributed by atoms with Crippen LogP contribution in [0.3, 0.4) is 0 Å². The maximum atomic E-state index is 12.1. The lowest BCUT2D eigenvalue weighted by molar-refractivity contribution is -0.116. The minimum atomic E-state index is 0.0308. The number of piperidine rings is 1. The van der Waals surface area contributed by atoms with Crippen LogP contribution >= 0.6 is 0 Å².